The van der Waals surface area contributed by atoms with E-state index in [2.05, 4.69) is 17.9 Å². The van der Waals surface area contributed by atoms with Crippen LogP contribution in [0.5, 0.6) is 0 Å². The van der Waals surface area contributed by atoms with Gasteiger partial charge in [0.15, 0.2) is 0 Å². The standard InChI is InChI=1S/C14H18N2O/c1-10-4-5-14(12(8-10)9-15)16(3)13-6-7-17-11(13)2/h4-5,8,11,13H,6-7H2,1-3H3. The van der Waals surface area contributed by atoms with Gasteiger partial charge < -0.3 is 9.64 Å². The van der Waals surface area contributed by atoms with Crippen molar-refractivity contribution in [3.05, 3.63) is 29.3 Å². The minimum absolute atomic E-state index is 0.229. The minimum atomic E-state index is 0.229. The molecule has 0 aromatic heterocycles. The topological polar surface area (TPSA) is 36.3 Å². The zero-order chi connectivity index (χ0) is 12.4. The summed E-state index contributed by atoms with van der Waals surface area (Å²) in [6.07, 6.45) is 1.25. The van der Waals surface area contributed by atoms with E-state index in [0.717, 1.165) is 29.8 Å². The maximum atomic E-state index is 9.19. The molecule has 1 heterocycles. The first-order valence-corrected chi connectivity index (χ1v) is 5.98. The Labute approximate surface area is 103 Å². The van der Waals surface area contributed by atoms with Gasteiger partial charge in [-0.2, -0.15) is 5.26 Å². The van der Waals surface area contributed by atoms with E-state index in [4.69, 9.17) is 4.74 Å². The Morgan fingerprint density at radius 3 is 2.82 bits per heavy atom. The molecule has 1 aliphatic rings. The van der Waals surface area contributed by atoms with E-state index in [1.165, 1.54) is 0 Å². The smallest absolute Gasteiger partial charge is 0.101 e. The number of ether oxygens (including phenoxy) is 1. The lowest BCUT2D eigenvalue weighted by molar-refractivity contribution is 0.118. The summed E-state index contributed by atoms with van der Waals surface area (Å²) in [5.41, 5.74) is 2.86. The Morgan fingerprint density at radius 2 is 2.24 bits per heavy atom. The molecule has 0 bridgehead atoms. The van der Waals surface area contributed by atoms with Gasteiger partial charge in [-0.05, 0) is 38.0 Å². The molecule has 2 unspecified atom stereocenters. The Kier molecular flexibility index (Phi) is 3.35. The molecule has 0 saturated carbocycles. The van der Waals surface area contributed by atoms with E-state index in [9.17, 15) is 5.26 Å². The molecule has 0 spiro atoms. The van der Waals surface area contributed by atoms with Gasteiger partial charge in [-0.1, -0.05) is 6.07 Å². The number of hydrogen-bond acceptors (Lipinski definition) is 3. The number of nitriles is 1. The van der Waals surface area contributed by atoms with E-state index in [1.807, 2.05) is 32.2 Å². The van der Waals surface area contributed by atoms with Crippen molar-refractivity contribution in [3.8, 4) is 6.07 Å². The van der Waals surface area contributed by atoms with E-state index >= 15 is 0 Å². The van der Waals surface area contributed by atoms with Gasteiger partial charge in [-0.25, -0.2) is 0 Å². The summed E-state index contributed by atoms with van der Waals surface area (Å²) in [5.74, 6) is 0. The maximum Gasteiger partial charge on any atom is 0.101 e. The molecule has 3 nitrogen and oxygen atoms in total. The maximum absolute atomic E-state index is 9.19. The van der Waals surface area contributed by atoms with Crippen molar-refractivity contribution < 1.29 is 4.74 Å². The van der Waals surface area contributed by atoms with Gasteiger partial charge in [0.25, 0.3) is 0 Å². The summed E-state index contributed by atoms with van der Waals surface area (Å²) in [7, 11) is 2.04. The van der Waals surface area contributed by atoms with Crippen LogP contribution in [0.1, 0.15) is 24.5 Å². The summed E-state index contributed by atoms with van der Waals surface area (Å²) in [4.78, 5) is 2.18. The average Bonchev–Trinajstić information content (AvgIpc) is 2.74. The second kappa shape index (κ2) is 4.77. The molecule has 0 radical (unpaired) electrons. The van der Waals surface area contributed by atoms with Gasteiger partial charge in [0.05, 0.1) is 23.4 Å². The molecule has 1 aromatic carbocycles. The van der Waals surface area contributed by atoms with Gasteiger partial charge in [0, 0.05) is 13.7 Å². The normalized spacial score (nSPS) is 23.4. The highest BCUT2D eigenvalue weighted by Gasteiger charge is 2.28. The quantitative estimate of drug-likeness (QED) is 0.783. The van der Waals surface area contributed by atoms with Gasteiger partial charge in [0.1, 0.15) is 6.07 Å². The highest BCUT2D eigenvalue weighted by Crippen LogP contribution is 2.27. The highest BCUT2D eigenvalue weighted by atomic mass is 16.5. The Bertz CT molecular complexity index is 450. The molecule has 2 atom stereocenters. The van der Waals surface area contributed by atoms with Crippen LogP contribution in [0.2, 0.25) is 0 Å². The lowest BCUT2D eigenvalue weighted by Gasteiger charge is -2.29. The average molecular weight is 230 g/mol. The van der Waals surface area contributed by atoms with Crippen LogP contribution >= 0.6 is 0 Å². The molecule has 17 heavy (non-hydrogen) atoms. The fourth-order valence-corrected chi connectivity index (χ4v) is 2.45. The molecule has 0 amide bonds. The van der Waals surface area contributed by atoms with Crippen LogP contribution in [0.15, 0.2) is 18.2 Å². The molecule has 1 fully saturated rings. The van der Waals surface area contributed by atoms with Crippen molar-refractivity contribution in [1.29, 1.82) is 5.26 Å². The number of aryl methyl sites for hydroxylation is 1. The highest BCUT2D eigenvalue weighted by molar-refractivity contribution is 5.60. The van der Waals surface area contributed by atoms with Crippen molar-refractivity contribution in [2.75, 3.05) is 18.6 Å². The molecule has 3 heteroatoms. The van der Waals surface area contributed by atoms with Gasteiger partial charge in [0.2, 0.25) is 0 Å². The van der Waals surface area contributed by atoms with Gasteiger partial charge in [-0.15, -0.1) is 0 Å². The summed E-state index contributed by atoms with van der Waals surface area (Å²) < 4.78 is 5.58. The number of anilines is 1. The summed E-state index contributed by atoms with van der Waals surface area (Å²) in [5, 5.41) is 9.19. The summed E-state index contributed by atoms with van der Waals surface area (Å²) in [6, 6.07) is 8.65. The largest absolute Gasteiger partial charge is 0.376 e. The first kappa shape index (κ1) is 11.9. The van der Waals surface area contributed by atoms with Crippen LogP contribution < -0.4 is 4.90 Å². The number of likely N-dealkylation sites (N-methyl/N-ethyl adjacent to an activating group) is 1. The zero-order valence-corrected chi connectivity index (χ0v) is 10.6. The van der Waals surface area contributed by atoms with Gasteiger partial charge in [-0.3, -0.25) is 0 Å². The molecular formula is C14H18N2O. The van der Waals surface area contributed by atoms with Crippen LogP contribution in [0.4, 0.5) is 5.69 Å². The van der Waals surface area contributed by atoms with Crippen molar-refractivity contribution in [1.82, 2.24) is 0 Å². The Balaban J connectivity index is 2.30. The molecule has 90 valence electrons. The fraction of sp³-hybridized carbons (Fsp3) is 0.500. The predicted molar refractivity (Wildman–Crippen MR) is 68.1 cm³/mol. The third-order valence-electron chi connectivity index (χ3n) is 3.49. The number of benzene rings is 1. The van der Waals surface area contributed by atoms with Gasteiger partial charge >= 0.3 is 0 Å². The lowest BCUT2D eigenvalue weighted by Crippen LogP contribution is -2.37. The van der Waals surface area contributed by atoms with Crippen LogP contribution in [0.3, 0.4) is 0 Å². The second-order valence-corrected chi connectivity index (χ2v) is 4.68. The van der Waals surface area contributed by atoms with Crippen molar-refractivity contribution in [2.24, 2.45) is 0 Å². The fourth-order valence-electron chi connectivity index (χ4n) is 2.45. The molecule has 0 N–H and O–H groups in total. The van der Waals surface area contributed by atoms with Crippen molar-refractivity contribution in [3.63, 3.8) is 0 Å². The number of rotatable bonds is 2. The first-order chi connectivity index (χ1) is 8.13. The number of hydrogen-bond donors (Lipinski definition) is 0. The van der Waals surface area contributed by atoms with Crippen LogP contribution in [-0.2, 0) is 4.74 Å². The zero-order valence-electron chi connectivity index (χ0n) is 10.6. The van der Waals surface area contributed by atoms with E-state index in [-0.39, 0.29) is 6.10 Å². The van der Waals surface area contributed by atoms with E-state index in [1.54, 1.807) is 0 Å². The molecule has 1 aliphatic heterocycles. The predicted octanol–water partition coefficient (Wildman–Crippen LogP) is 2.48. The van der Waals surface area contributed by atoms with E-state index < -0.39 is 0 Å². The molecule has 1 aromatic rings. The molecule has 1 saturated heterocycles. The molecule has 2 rings (SSSR count). The third kappa shape index (κ3) is 2.27. The van der Waals surface area contributed by atoms with Crippen molar-refractivity contribution >= 4 is 5.69 Å². The second-order valence-electron chi connectivity index (χ2n) is 4.68. The monoisotopic (exact) mass is 230 g/mol. The summed E-state index contributed by atoms with van der Waals surface area (Å²) in [6.45, 7) is 4.91. The SMILES string of the molecule is Cc1ccc(N(C)C2CCOC2C)c(C#N)c1. The molecular weight excluding hydrogens is 212 g/mol. The van der Waals surface area contributed by atoms with Crippen molar-refractivity contribution in [2.45, 2.75) is 32.4 Å². The van der Waals surface area contributed by atoms with Crippen LogP contribution in [0, 0.1) is 18.3 Å². The molecule has 0 aliphatic carbocycles. The van der Waals surface area contributed by atoms with E-state index in [0.29, 0.717) is 6.04 Å². The summed E-state index contributed by atoms with van der Waals surface area (Å²) >= 11 is 0. The number of nitrogens with zero attached hydrogens (tertiary/aromatic N) is 2. The lowest BCUT2D eigenvalue weighted by atomic mass is 10.1. The first-order valence-electron chi connectivity index (χ1n) is 5.98. The van der Waals surface area contributed by atoms with Crippen LogP contribution in [-0.4, -0.2) is 25.8 Å². The Morgan fingerprint density at radius 1 is 1.47 bits per heavy atom. The van der Waals surface area contributed by atoms with Crippen LogP contribution in [0.25, 0.3) is 0 Å². The minimum Gasteiger partial charge on any atom is -0.376 e. The third-order valence-corrected chi connectivity index (χ3v) is 3.49. The Hall–Kier alpha value is -1.53.